The Labute approximate surface area is 112 Å². The van der Waals surface area contributed by atoms with Gasteiger partial charge in [0.05, 0.1) is 6.61 Å². The number of hydrogen-bond donors (Lipinski definition) is 1. The molecule has 0 N–H and O–H groups in total. The van der Waals surface area contributed by atoms with Crippen LogP contribution in [0.25, 0.3) is 0 Å². The van der Waals surface area contributed by atoms with Gasteiger partial charge >= 0.3 is 5.82 Å². The van der Waals surface area contributed by atoms with Gasteiger partial charge in [-0.25, -0.2) is 0 Å². The molecule has 1 heterocycles. The molecule has 18 heavy (non-hydrogen) atoms. The summed E-state index contributed by atoms with van der Waals surface area (Å²) < 4.78 is 5.51. The van der Waals surface area contributed by atoms with E-state index in [1.807, 2.05) is 0 Å². The molecule has 0 aromatic carbocycles. The van der Waals surface area contributed by atoms with Gasteiger partial charge in [0.15, 0.2) is 0 Å². The van der Waals surface area contributed by atoms with Gasteiger partial charge in [-0.1, -0.05) is 13.8 Å². The van der Waals surface area contributed by atoms with Gasteiger partial charge < -0.3 is 14.9 Å². The topological polar surface area (TPSA) is 65.3 Å². The van der Waals surface area contributed by atoms with E-state index in [4.69, 9.17) is 4.74 Å². The average molecular weight is 270 g/mol. The highest BCUT2D eigenvalue weighted by molar-refractivity contribution is 7.80. The van der Waals surface area contributed by atoms with Gasteiger partial charge in [-0.05, 0) is 33.7 Å². The normalized spacial score (nSPS) is 12.5. The van der Waals surface area contributed by atoms with E-state index in [1.54, 1.807) is 19.1 Å². The minimum atomic E-state index is -0.520. The van der Waals surface area contributed by atoms with Crippen LogP contribution in [0, 0.1) is 28.9 Å². The van der Waals surface area contributed by atoms with Crippen LogP contribution in [0.4, 0.5) is 5.82 Å². The number of nitro groups is 1. The minimum Gasteiger partial charge on any atom is -0.485 e. The van der Waals surface area contributed by atoms with Crippen LogP contribution in [0.3, 0.4) is 0 Å². The lowest BCUT2D eigenvalue weighted by atomic mass is 9.99. The number of thiol groups is 1. The first-order valence-electron chi connectivity index (χ1n) is 5.81. The van der Waals surface area contributed by atoms with Crippen molar-refractivity contribution in [3.05, 3.63) is 27.9 Å². The number of pyridine rings is 1. The second kappa shape index (κ2) is 6.58. The van der Waals surface area contributed by atoms with E-state index >= 15 is 0 Å². The lowest BCUT2D eigenvalue weighted by molar-refractivity contribution is -0.390. The number of nitrogens with zero attached hydrogens (tertiary/aromatic N) is 2. The Morgan fingerprint density at radius 1 is 1.50 bits per heavy atom. The maximum Gasteiger partial charge on any atom is 0.406 e. The van der Waals surface area contributed by atoms with Crippen molar-refractivity contribution in [3.8, 4) is 5.75 Å². The molecular weight excluding hydrogens is 252 g/mol. The molecule has 0 aliphatic carbocycles. The first kappa shape index (κ1) is 14.8. The fourth-order valence-corrected chi connectivity index (χ4v) is 1.95. The van der Waals surface area contributed by atoms with Gasteiger partial charge in [-0.3, -0.25) is 0 Å². The molecule has 1 rings (SSSR count). The molecule has 1 aromatic rings. The summed E-state index contributed by atoms with van der Waals surface area (Å²) in [6.07, 6.45) is 0. The van der Waals surface area contributed by atoms with Gasteiger partial charge in [0, 0.05) is 12.8 Å². The molecule has 1 aromatic heterocycles. The summed E-state index contributed by atoms with van der Waals surface area (Å²) in [5, 5.41) is 10.9. The van der Waals surface area contributed by atoms with Crippen molar-refractivity contribution in [2.75, 3.05) is 12.4 Å². The van der Waals surface area contributed by atoms with Gasteiger partial charge in [0.25, 0.3) is 0 Å². The van der Waals surface area contributed by atoms with Crippen molar-refractivity contribution < 1.29 is 9.66 Å². The molecule has 0 aliphatic rings. The summed E-state index contributed by atoms with van der Waals surface area (Å²) in [5.41, 5.74) is 0.601. The summed E-state index contributed by atoms with van der Waals surface area (Å²) in [7, 11) is 0. The Morgan fingerprint density at radius 2 is 2.17 bits per heavy atom. The maximum absolute atomic E-state index is 10.9. The molecule has 0 fully saturated rings. The molecule has 0 radical (unpaired) electrons. The minimum absolute atomic E-state index is 0.220. The van der Waals surface area contributed by atoms with Crippen LogP contribution in [0.1, 0.15) is 19.5 Å². The van der Waals surface area contributed by atoms with Gasteiger partial charge in [-0.15, -0.1) is 0 Å². The predicted molar refractivity (Wildman–Crippen MR) is 73.3 cm³/mol. The molecule has 0 saturated carbocycles. The highest BCUT2D eigenvalue weighted by Gasteiger charge is 2.20. The monoisotopic (exact) mass is 270 g/mol. The summed E-state index contributed by atoms with van der Waals surface area (Å²) >= 11 is 4.25. The van der Waals surface area contributed by atoms with Crippen LogP contribution in [-0.4, -0.2) is 22.3 Å². The highest BCUT2D eigenvalue weighted by atomic mass is 32.1. The van der Waals surface area contributed by atoms with Crippen LogP contribution in [0.2, 0.25) is 0 Å². The van der Waals surface area contributed by atoms with E-state index in [2.05, 4.69) is 31.5 Å². The first-order chi connectivity index (χ1) is 8.45. The van der Waals surface area contributed by atoms with Gasteiger partial charge in [0.2, 0.25) is 5.75 Å². The van der Waals surface area contributed by atoms with Crippen molar-refractivity contribution in [2.24, 2.45) is 11.8 Å². The highest BCUT2D eigenvalue weighted by Crippen LogP contribution is 2.25. The zero-order valence-corrected chi connectivity index (χ0v) is 11.7. The average Bonchev–Trinajstić information content (AvgIpc) is 2.30. The molecule has 0 aliphatic heterocycles. The van der Waals surface area contributed by atoms with Crippen LogP contribution in [0.5, 0.6) is 5.75 Å². The molecule has 1 atom stereocenters. The molecule has 5 nitrogen and oxygen atoms in total. The number of hydrogen-bond acceptors (Lipinski definition) is 5. The summed E-state index contributed by atoms with van der Waals surface area (Å²) in [5.74, 6) is 1.36. The van der Waals surface area contributed by atoms with Crippen LogP contribution in [0.15, 0.2) is 12.1 Å². The zero-order valence-electron chi connectivity index (χ0n) is 10.8. The molecule has 0 bridgehead atoms. The molecular formula is C12H18N2O3S. The molecule has 1 unspecified atom stereocenters. The Balaban J connectivity index is 2.81. The van der Waals surface area contributed by atoms with E-state index in [0.717, 1.165) is 0 Å². The lowest BCUT2D eigenvalue weighted by Gasteiger charge is -2.18. The Bertz CT molecular complexity index is 424. The molecule has 0 amide bonds. The Hall–Kier alpha value is -1.30. The molecule has 100 valence electrons. The quantitative estimate of drug-likeness (QED) is 0.490. The SMILES string of the molecule is Cc1ccc(OCC(CS)C(C)C)c([N+](=O)[O-])n1. The third-order valence-corrected chi connectivity index (χ3v) is 3.25. The summed E-state index contributed by atoms with van der Waals surface area (Å²) in [6, 6.07) is 3.30. The van der Waals surface area contributed by atoms with Crippen LogP contribution in [-0.2, 0) is 0 Å². The first-order valence-corrected chi connectivity index (χ1v) is 6.44. The number of aromatic nitrogens is 1. The standard InChI is InChI=1S/C12H18N2O3S/c1-8(2)10(7-18)6-17-11-5-4-9(3)13-12(11)14(15)16/h4-5,8,10,18H,6-7H2,1-3H3. The summed E-state index contributed by atoms with van der Waals surface area (Å²) in [4.78, 5) is 14.2. The van der Waals surface area contributed by atoms with E-state index in [9.17, 15) is 10.1 Å². The van der Waals surface area contributed by atoms with E-state index < -0.39 is 4.92 Å². The molecule has 6 heteroatoms. The second-order valence-corrected chi connectivity index (χ2v) is 4.89. The number of ether oxygens (including phenoxy) is 1. The fraction of sp³-hybridized carbons (Fsp3) is 0.583. The van der Waals surface area contributed by atoms with E-state index in [1.165, 1.54) is 0 Å². The van der Waals surface area contributed by atoms with Gasteiger partial charge in [0.1, 0.15) is 5.69 Å². The maximum atomic E-state index is 10.9. The summed E-state index contributed by atoms with van der Waals surface area (Å²) in [6.45, 7) is 6.27. The Morgan fingerprint density at radius 3 is 2.67 bits per heavy atom. The fourth-order valence-electron chi connectivity index (χ4n) is 1.43. The third kappa shape index (κ3) is 3.87. The van der Waals surface area contributed by atoms with Crippen molar-refractivity contribution in [3.63, 3.8) is 0 Å². The third-order valence-electron chi connectivity index (χ3n) is 2.78. The number of rotatable bonds is 6. The van der Waals surface area contributed by atoms with E-state index in [0.29, 0.717) is 24.0 Å². The molecule has 0 saturated heterocycles. The lowest BCUT2D eigenvalue weighted by Crippen LogP contribution is -2.20. The zero-order chi connectivity index (χ0) is 13.7. The van der Waals surface area contributed by atoms with Crippen molar-refractivity contribution in [1.29, 1.82) is 0 Å². The van der Waals surface area contributed by atoms with Crippen LogP contribution < -0.4 is 4.74 Å². The second-order valence-electron chi connectivity index (χ2n) is 4.53. The Kier molecular flexibility index (Phi) is 5.40. The van der Waals surface area contributed by atoms with Crippen molar-refractivity contribution in [1.82, 2.24) is 4.98 Å². The van der Waals surface area contributed by atoms with Crippen molar-refractivity contribution in [2.45, 2.75) is 20.8 Å². The molecule has 0 spiro atoms. The van der Waals surface area contributed by atoms with Gasteiger partial charge in [-0.2, -0.15) is 12.6 Å². The van der Waals surface area contributed by atoms with Crippen molar-refractivity contribution >= 4 is 18.4 Å². The van der Waals surface area contributed by atoms with E-state index in [-0.39, 0.29) is 17.5 Å². The predicted octanol–water partition coefficient (Wildman–Crippen LogP) is 2.88. The van der Waals surface area contributed by atoms with Crippen LogP contribution >= 0.6 is 12.6 Å². The number of aryl methyl sites for hydroxylation is 1. The smallest absolute Gasteiger partial charge is 0.406 e. The largest absolute Gasteiger partial charge is 0.485 e.